The van der Waals surface area contributed by atoms with E-state index < -0.39 is 5.79 Å². The summed E-state index contributed by atoms with van der Waals surface area (Å²) in [5, 5.41) is 0. The maximum absolute atomic E-state index is 10.7. The van der Waals surface area contributed by atoms with Crippen molar-refractivity contribution in [2.24, 2.45) is 0 Å². The van der Waals surface area contributed by atoms with Crippen LogP contribution in [0.15, 0.2) is 16.6 Å². The van der Waals surface area contributed by atoms with Gasteiger partial charge >= 0.3 is 0 Å². The molecule has 74 valence electrons. The molecule has 1 heterocycles. The number of aldehydes is 1. The summed E-state index contributed by atoms with van der Waals surface area (Å²) in [6.07, 6.45) is 0.777. The van der Waals surface area contributed by atoms with Crippen LogP contribution in [0.1, 0.15) is 24.2 Å². The van der Waals surface area contributed by atoms with Gasteiger partial charge in [-0.05, 0) is 28.1 Å². The maximum Gasteiger partial charge on any atom is 0.246 e. The number of hydrogen-bond acceptors (Lipinski definition) is 3. The summed E-state index contributed by atoms with van der Waals surface area (Å²) < 4.78 is 11.7. The molecular weight excluding hydrogens is 248 g/mol. The SMILES string of the molecule is CC1(C)Oc2cc(Br)c(C=O)cc2O1. The molecule has 0 saturated carbocycles. The first-order valence-electron chi connectivity index (χ1n) is 4.18. The molecule has 0 radical (unpaired) electrons. The highest BCUT2D eigenvalue weighted by Crippen LogP contribution is 2.41. The molecule has 1 aliphatic heterocycles. The van der Waals surface area contributed by atoms with Gasteiger partial charge in [-0.25, -0.2) is 0 Å². The molecule has 1 aliphatic rings. The Balaban J connectivity index is 2.49. The summed E-state index contributed by atoms with van der Waals surface area (Å²) in [7, 11) is 0. The zero-order chi connectivity index (χ0) is 10.3. The standard InChI is InChI=1S/C10H9BrO3/c1-10(2)13-8-3-6(5-12)7(11)4-9(8)14-10/h3-5H,1-2H3. The van der Waals surface area contributed by atoms with Crippen molar-refractivity contribution in [3.8, 4) is 11.5 Å². The van der Waals surface area contributed by atoms with E-state index in [2.05, 4.69) is 15.9 Å². The Morgan fingerprint density at radius 1 is 1.29 bits per heavy atom. The van der Waals surface area contributed by atoms with E-state index in [0.29, 0.717) is 21.5 Å². The van der Waals surface area contributed by atoms with Gasteiger partial charge in [0.25, 0.3) is 0 Å². The van der Waals surface area contributed by atoms with Crippen molar-refractivity contribution in [2.75, 3.05) is 0 Å². The van der Waals surface area contributed by atoms with Gasteiger partial charge in [0.1, 0.15) is 0 Å². The quantitative estimate of drug-likeness (QED) is 0.725. The summed E-state index contributed by atoms with van der Waals surface area (Å²) in [6, 6.07) is 3.41. The van der Waals surface area contributed by atoms with Crippen LogP contribution in [0, 0.1) is 0 Å². The summed E-state index contributed by atoms with van der Waals surface area (Å²) in [6.45, 7) is 3.64. The van der Waals surface area contributed by atoms with Crippen LogP contribution in [0.2, 0.25) is 0 Å². The average Bonchev–Trinajstić information content (AvgIpc) is 2.36. The van der Waals surface area contributed by atoms with Gasteiger partial charge in [-0.15, -0.1) is 0 Å². The monoisotopic (exact) mass is 256 g/mol. The number of hydrogen-bond donors (Lipinski definition) is 0. The summed E-state index contributed by atoms with van der Waals surface area (Å²) in [5.74, 6) is 0.622. The Kier molecular flexibility index (Phi) is 2.03. The molecule has 0 spiro atoms. The van der Waals surface area contributed by atoms with E-state index in [-0.39, 0.29) is 0 Å². The molecule has 2 rings (SSSR count). The molecule has 0 atom stereocenters. The van der Waals surface area contributed by atoms with Crippen LogP contribution >= 0.6 is 15.9 Å². The fraction of sp³-hybridized carbons (Fsp3) is 0.300. The van der Waals surface area contributed by atoms with E-state index in [4.69, 9.17) is 9.47 Å². The minimum absolute atomic E-state index is 0.560. The number of halogens is 1. The maximum atomic E-state index is 10.7. The highest BCUT2D eigenvalue weighted by Gasteiger charge is 2.32. The number of rotatable bonds is 1. The lowest BCUT2D eigenvalue weighted by molar-refractivity contribution is -0.0431. The van der Waals surface area contributed by atoms with Crippen molar-refractivity contribution < 1.29 is 14.3 Å². The van der Waals surface area contributed by atoms with Crippen molar-refractivity contribution in [1.82, 2.24) is 0 Å². The zero-order valence-corrected chi connectivity index (χ0v) is 9.42. The first kappa shape index (κ1) is 9.52. The third-order valence-electron chi connectivity index (χ3n) is 1.90. The van der Waals surface area contributed by atoms with Crippen molar-refractivity contribution >= 4 is 22.2 Å². The lowest BCUT2D eigenvalue weighted by atomic mass is 10.2. The average molecular weight is 257 g/mol. The normalized spacial score (nSPS) is 16.8. The highest BCUT2D eigenvalue weighted by molar-refractivity contribution is 9.10. The second-order valence-corrected chi connectivity index (χ2v) is 4.40. The molecular formula is C10H9BrO3. The van der Waals surface area contributed by atoms with Crippen molar-refractivity contribution in [3.05, 3.63) is 22.2 Å². The molecule has 1 aromatic carbocycles. The number of ether oxygens (including phenoxy) is 2. The molecule has 0 unspecified atom stereocenters. The second kappa shape index (κ2) is 2.98. The molecule has 0 amide bonds. The van der Waals surface area contributed by atoms with Crippen LogP contribution in [0.5, 0.6) is 11.5 Å². The first-order valence-corrected chi connectivity index (χ1v) is 4.98. The van der Waals surface area contributed by atoms with Crippen LogP contribution in [-0.4, -0.2) is 12.1 Å². The topological polar surface area (TPSA) is 35.5 Å². The molecule has 0 saturated heterocycles. The molecule has 1 aromatic rings. The van der Waals surface area contributed by atoms with Crippen molar-refractivity contribution in [1.29, 1.82) is 0 Å². The van der Waals surface area contributed by atoms with Crippen LogP contribution < -0.4 is 9.47 Å². The highest BCUT2D eigenvalue weighted by atomic mass is 79.9. The summed E-state index contributed by atoms with van der Waals surface area (Å²) >= 11 is 3.28. The second-order valence-electron chi connectivity index (χ2n) is 3.54. The van der Waals surface area contributed by atoms with Crippen LogP contribution in [0.25, 0.3) is 0 Å². The molecule has 0 aromatic heterocycles. The van der Waals surface area contributed by atoms with Crippen molar-refractivity contribution in [2.45, 2.75) is 19.6 Å². The van der Waals surface area contributed by atoms with Gasteiger partial charge < -0.3 is 9.47 Å². The smallest absolute Gasteiger partial charge is 0.246 e. The molecule has 14 heavy (non-hydrogen) atoms. The number of benzene rings is 1. The zero-order valence-electron chi connectivity index (χ0n) is 7.83. The minimum Gasteiger partial charge on any atom is -0.449 e. The fourth-order valence-electron chi connectivity index (χ4n) is 1.35. The molecule has 4 heteroatoms. The summed E-state index contributed by atoms with van der Waals surface area (Å²) in [5.41, 5.74) is 0.560. The lowest BCUT2D eigenvalue weighted by Crippen LogP contribution is -2.29. The Labute approximate surface area is 90.1 Å². The third kappa shape index (κ3) is 1.50. The van der Waals surface area contributed by atoms with Gasteiger partial charge in [-0.3, -0.25) is 4.79 Å². The van der Waals surface area contributed by atoms with E-state index in [1.54, 1.807) is 12.1 Å². The Bertz CT molecular complexity index is 399. The van der Waals surface area contributed by atoms with Gasteiger partial charge in [0.05, 0.1) is 0 Å². The predicted octanol–water partition coefficient (Wildman–Crippen LogP) is 2.77. The fourth-order valence-corrected chi connectivity index (χ4v) is 1.77. The van der Waals surface area contributed by atoms with Crippen molar-refractivity contribution in [3.63, 3.8) is 0 Å². The van der Waals surface area contributed by atoms with E-state index >= 15 is 0 Å². The molecule has 0 bridgehead atoms. The van der Waals surface area contributed by atoms with E-state index in [9.17, 15) is 4.79 Å². The molecule has 0 N–H and O–H groups in total. The van der Waals surface area contributed by atoms with Gasteiger partial charge in [0.15, 0.2) is 17.8 Å². The largest absolute Gasteiger partial charge is 0.449 e. The first-order chi connectivity index (χ1) is 6.52. The van der Waals surface area contributed by atoms with Gasteiger partial charge in [-0.1, -0.05) is 0 Å². The Hall–Kier alpha value is -1.03. The van der Waals surface area contributed by atoms with E-state index in [0.717, 1.165) is 6.29 Å². The Morgan fingerprint density at radius 2 is 1.86 bits per heavy atom. The molecule has 3 nitrogen and oxygen atoms in total. The third-order valence-corrected chi connectivity index (χ3v) is 2.59. The van der Waals surface area contributed by atoms with Crippen LogP contribution in [0.4, 0.5) is 0 Å². The van der Waals surface area contributed by atoms with Crippen LogP contribution in [-0.2, 0) is 0 Å². The summed E-state index contributed by atoms with van der Waals surface area (Å²) in [4.78, 5) is 10.7. The molecule has 0 aliphatic carbocycles. The number of carbonyl (C=O) groups excluding carboxylic acids is 1. The number of carbonyl (C=O) groups is 1. The predicted molar refractivity (Wildman–Crippen MR) is 54.9 cm³/mol. The minimum atomic E-state index is -0.650. The van der Waals surface area contributed by atoms with E-state index in [1.165, 1.54) is 0 Å². The van der Waals surface area contributed by atoms with Gasteiger partial charge in [-0.2, -0.15) is 0 Å². The number of fused-ring (bicyclic) bond motifs is 1. The van der Waals surface area contributed by atoms with Gasteiger partial charge in [0.2, 0.25) is 5.79 Å². The lowest BCUT2D eigenvalue weighted by Gasteiger charge is -2.16. The molecule has 0 fully saturated rings. The van der Waals surface area contributed by atoms with Crippen LogP contribution in [0.3, 0.4) is 0 Å². The van der Waals surface area contributed by atoms with E-state index in [1.807, 2.05) is 13.8 Å². The van der Waals surface area contributed by atoms with Gasteiger partial charge in [0, 0.05) is 23.9 Å². The Morgan fingerprint density at radius 3 is 2.43 bits per heavy atom.